The zero-order chi connectivity index (χ0) is 24.8. The van der Waals surface area contributed by atoms with Crippen molar-refractivity contribution in [3.63, 3.8) is 0 Å². The van der Waals surface area contributed by atoms with Crippen LogP contribution in [0.5, 0.6) is 5.75 Å². The summed E-state index contributed by atoms with van der Waals surface area (Å²) >= 11 is 0. The van der Waals surface area contributed by atoms with Gasteiger partial charge in [0.05, 0.1) is 16.6 Å². The maximum absolute atomic E-state index is 12.5. The smallest absolute Gasteiger partial charge is 0.478 e. The number of rotatable bonds is 5. The fourth-order valence-corrected chi connectivity index (χ4v) is 5.35. The molecular formula is C25H28F3N3O3. The third-order valence-electron chi connectivity index (χ3n) is 6.42. The molecule has 4 rings (SSSR count). The minimum Gasteiger partial charge on any atom is -0.478 e. The first-order chi connectivity index (χ1) is 15.8. The molecule has 34 heavy (non-hydrogen) atoms. The van der Waals surface area contributed by atoms with Gasteiger partial charge in [-0.2, -0.15) is 0 Å². The van der Waals surface area contributed by atoms with Crippen molar-refractivity contribution >= 4 is 28.6 Å². The highest BCUT2D eigenvalue weighted by Crippen LogP contribution is 2.46. The number of aromatic carboxylic acids is 1. The van der Waals surface area contributed by atoms with Crippen LogP contribution in [0.2, 0.25) is 0 Å². The van der Waals surface area contributed by atoms with Gasteiger partial charge in [-0.15, -0.1) is 13.2 Å². The van der Waals surface area contributed by atoms with E-state index in [0.717, 1.165) is 24.8 Å². The van der Waals surface area contributed by atoms with E-state index in [1.807, 2.05) is 0 Å². The number of hydrogen-bond donors (Lipinski definition) is 2. The SMILES string of the molecule is Cc1c(C(=O)O)ccc2c1nc(Nc1ccc(OC(F)(F)F)cc1)n2[C@H]1C[C@@H](C)CC(C)(C)C1. The van der Waals surface area contributed by atoms with Crippen molar-refractivity contribution in [2.45, 2.75) is 59.4 Å². The summed E-state index contributed by atoms with van der Waals surface area (Å²) in [7, 11) is 0. The van der Waals surface area contributed by atoms with Crippen LogP contribution in [-0.2, 0) is 0 Å². The van der Waals surface area contributed by atoms with Crippen LogP contribution in [0.3, 0.4) is 0 Å². The van der Waals surface area contributed by atoms with E-state index < -0.39 is 12.3 Å². The Morgan fingerprint density at radius 3 is 2.44 bits per heavy atom. The number of nitrogens with one attached hydrogen (secondary N) is 1. The number of anilines is 2. The van der Waals surface area contributed by atoms with Gasteiger partial charge < -0.3 is 19.7 Å². The van der Waals surface area contributed by atoms with E-state index in [9.17, 15) is 23.1 Å². The highest BCUT2D eigenvalue weighted by molar-refractivity contribution is 5.96. The summed E-state index contributed by atoms with van der Waals surface area (Å²) in [5.41, 5.74) is 2.86. The molecule has 1 aromatic heterocycles. The number of benzene rings is 2. The van der Waals surface area contributed by atoms with Crippen LogP contribution in [0.1, 0.15) is 62.0 Å². The van der Waals surface area contributed by atoms with Crippen LogP contribution in [0.25, 0.3) is 11.0 Å². The number of hydrogen-bond acceptors (Lipinski definition) is 4. The van der Waals surface area contributed by atoms with Crippen LogP contribution >= 0.6 is 0 Å². The molecule has 1 aliphatic carbocycles. The molecule has 6 nitrogen and oxygen atoms in total. The average molecular weight is 476 g/mol. The lowest BCUT2D eigenvalue weighted by Crippen LogP contribution is -2.29. The van der Waals surface area contributed by atoms with Gasteiger partial charge in [0.2, 0.25) is 5.95 Å². The number of carbonyl (C=O) groups is 1. The third-order valence-corrected chi connectivity index (χ3v) is 6.42. The number of aromatic nitrogens is 2. The fourth-order valence-electron chi connectivity index (χ4n) is 5.35. The summed E-state index contributed by atoms with van der Waals surface area (Å²) in [6.45, 7) is 8.46. The quantitative estimate of drug-likeness (QED) is 0.413. The van der Waals surface area contributed by atoms with E-state index in [1.165, 1.54) is 24.3 Å². The molecule has 1 aliphatic rings. The molecule has 182 valence electrons. The number of carboxylic acids is 1. The number of halogens is 3. The molecule has 2 atom stereocenters. The normalized spacial score (nSPS) is 20.3. The number of carboxylic acid groups (broad SMARTS) is 1. The molecule has 1 fully saturated rings. The Bertz CT molecular complexity index is 1220. The Morgan fingerprint density at radius 1 is 1.18 bits per heavy atom. The summed E-state index contributed by atoms with van der Waals surface area (Å²) in [5, 5.41) is 12.8. The zero-order valence-electron chi connectivity index (χ0n) is 19.5. The molecule has 3 aromatic rings. The van der Waals surface area contributed by atoms with Crippen molar-refractivity contribution in [3.8, 4) is 5.75 Å². The van der Waals surface area contributed by atoms with Gasteiger partial charge >= 0.3 is 12.3 Å². The first kappa shape index (κ1) is 23.9. The Kier molecular flexibility index (Phi) is 5.99. The summed E-state index contributed by atoms with van der Waals surface area (Å²) in [6, 6.07) is 8.99. The van der Waals surface area contributed by atoms with Crippen LogP contribution in [-0.4, -0.2) is 27.0 Å². The number of ether oxygens (including phenoxy) is 1. The van der Waals surface area contributed by atoms with Crippen LogP contribution in [0.15, 0.2) is 36.4 Å². The topological polar surface area (TPSA) is 76.4 Å². The maximum atomic E-state index is 12.5. The van der Waals surface area contributed by atoms with Gasteiger partial charge in [0.15, 0.2) is 0 Å². The average Bonchev–Trinajstić information content (AvgIpc) is 3.06. The van der Waals surface area contributed by atoms with Gasteiger partial charge in [-0.1, -0.05) is 20.8 Å². The van der Waals surface area contributed by atoms with Crippen molar-refractivity contribution < 1.29 is 27.8 Å². The molecule has 0 unspecified atom stereocenters. The van der Waals surface area contributed by atoms with Crippen LogP contribution in [0, 0.1) is 18.3 Å². The summed E-state index contributed by atoms with van der Waals surface area (Å²) in [6.07, 6.45) is -1.77. The Hall–Kier alpha value is -3.23. The van der Waals surface area contributed by atoms with E-state index in [-0.39, 0.29) is 22.8 Å². The van der Waals surface area contributed by atoms with Crippen molar-refractivity contribution in [1.29, 1.82) is 0 Å². The summed E-state index contributed by atoms with van der Waals surface area (Å²) in [5.74, 6) is -0.301. The van der Waals surface area contributed by atoms with Gasteiger partial charge in [0, 0.05) is 11.7 Å². The van der Waals surface area contributed by atoms with E-state index >= 15 is 0 Å². The number of fused-ring (bicyclic) bond motifs is 1. The highest BCUT2D eigenvalue weighted by atomic mass is 19.4. The number of nitrogens with zero attached hydrogens (tertiary/aromatic N) is 2. The molecule has 2 N–H and O–H groups in total. The van der Waals surface area contributed by atoms with Crippen molar-refractivity contribution in [3.05, 3.63) is 47.5 Å². The van der Waals surface area contributed by atoms with Gasteiger partial charge in [-0.05, 0) is 79.5 Å². The predicted molar refractivity (Wildman–Crippen MR) is 124 cm³/mol. The van der Waals surface area contributed by atoms with Gasteiger partial charge in [0.25, 0.3) is 0 Å². The first-order valence-corrected chi connectivity index (χ1v) is 11.2. The zero-order valence-corrected chi connectivity index (χ0v) is 19.5. The molecule has 0 amide bonds. The monoisotopic (exact) mass is 475 g/mol. The minimum absolute atomic E-state index is 0.128. The Morgan fingerprint density at radius 2 is 1.85 bits per heavy atom. The number of imidazole rings is 1. The minimum atomic E-state index is -4.76. The van der Waals surface area contributed by atoms with E-state index in [2.05, 4.69) is 35.4 Å². The second-order valence-corrected chi connectivity index (χ2v) is 9.98. The molecule has 9 heteroatoms. The molecule has 2 aromatic carbocycles. The molecule has 0 radical (unpaired) electrons. The van der Waals surface area contributed by atoms with Gasteiger partial charge in [-0.25, -0.2) is 9.78 Å². The van der Waals surface area contributed by atoms with Crippen LogP contribution in [0.4, 0.5) is 24.8 Å². The molecule has 0 saturated heterocycles. The van der Waals surface area contributed by atoms with Crippen molar-refractivity contribution in [1.82, 2.24) is 9.55 Å². The van der Waals surface area contributed by atoms with Gasteiger partial charge in [0.1, 0.15) is 5.75 Å². The standard InChI is InChI=1S/C25H28F3N3O3/c1-14-11-17(13-24(3,4)12-14)31-20-10-9-19(22(32)33)15(2)21(20)30-23(31)29-16-5-7-18(8-6-16)34-25(26,27)28/h5-10,14,17H,11-13H2,1-4H3,(H,29,30)(H,32,33)/t14-,17+/m1/s1. The van der Waals surface area contributed by atoms with E-state index in [1.54, 1.807) is 19.1 Å². The van der Waals surface area contributed by atoms with E-state index in [0.29, 0.717) is 28.6 Å². The van der Waals surface area contributed by atoms with E-state index in [4.69, 9.17) is 4.98 Å². The molecule has 0 bridgehead atoms. The fraction of sp³-hybridized carbons (Fsp3) is 0.440. The van der Waals surface area contributed by atoms with Crippen molar-refractivity contribution in [2.75, 3.05) is 5.32 Å². The Balaban J connectivity index is 1.78. The van der Waals surface area contributed by atoms with Crippen molar-refractivity contribution in [2.24, 2.45) is 11.3 Å². The van der Waals surface area contributed by atoms with Crippen LogP contribution < -0.4 is 10.1 Å². The lowest BCUT2D eigenvalue weighted by molar-refractivity contribution is -0.274. The molecule has 1 saturated carbocycles. The lowest BCUT2D eigenvalue weighted by Gasteiger charge is -2.40. The number of aryl methyl sites for hydroxylation is 1. The molecule has 0 aliphatic heterocycles. The summed E-state index contributed by atoms with van der Waals surface area (Å²) < 4.78 is 43.6. The molecular weight excluding hydrogens is 447 g/mol. The number of alkyl halides is 3. The second kappa shape index (κ2) is 8.52. The lowest BCUT2D eigenvalue weighted by atomic mass is 9.70. The van der Waals surface area contributed by atoms with Gasteiger partial charge in [-0.3, -0.25) is 0 Å². The third kappa shape index (κ3) is 4.98. The second-order valence-electron chi connectivity index (χ2n) is 9.98. The summed E-state index contributed by atoms with van der Waals surface area (Å²) in [4.78, 5) is 16.4. The maximum Gasteiger partial charge on any atom is 0.573 e. The molecule has 0 spiro atoms. The molecule has 1 heterocycles. The largest absolute Gasteiger partial charge is 0.573 e. The predicted octanol–water partition coefficient (Wildman–Crippen LogP) is 7.07. The Labute approximate surface area is 195 Å². The highest BCUT2D eigenvalue weighted by Gasteiger charge is 2.35. The first-order valence-electron chi connectivity index (χ1n) is 11.2.